The van der Waals surface area contributed by atoms with Crippen molar-refractivity contribution in [1.82, 2.24) is 9.13 Å². The maximum Gasteiger partial charge on any atom is 0.0991 e. The van der Waals surface area contributed by atoms with E-state index in [2.05, 4.69) is 149 Å². The van der Waals surface area contributed by atoms with Gasteiger partial charge in [0.25, 0.3) is 0 Å². The highest BCUT2D eigenvalue weighted by molar-refractivity contribution is 7.26. The third-order valence-corrected chi connectivity index (χ3v) is 10.7. The molecule has 0 spiro atoms. The molecule has 0 saturated heterocycles. The number of aromatic nitrogens is 2. The lowest BCUT2D eigenvalue weighted by molar-refractivity contribution is 1.14. The molecule has 0 N–H and O–H groups in total. The molecule has 10 aromatic rings. The van der Waals surface area contributed by atoms with Crippen LogP contribution >= 0.6 is 11.3 Å². The third-order valence-electron chi connectivity index (χ3n) is 9.50. The Morgan fingerprint density at radius 2 is 1.02 bits per heavy atom. The van der Waals surface area contributed by atoms with Crippen molar-refractivity contribution in [2.24, 2.45) is 0 Å². The molecule has 3 heterocycles. The van der Waals surface area contributed by atoms with Gasteiger partial charge in [-0.25, -0.2) is 0 Å². The Hall–Kier alpha value is -6.15. The van der Waals surface area contributed by atoms with E-state index in [0.29, 0.717) is 5.56 Å². The van der Waals surface area contributed by atoms with Gasteiger partial charge in [-0.2, -0.15) is 5.26 Å². The quantitative estimate of drug-likeness (QED) is 0.195. The second-order valence-electron chi connectivity index (χ2n) is 12.1. The Balaban J connectivity index is 1.37. The van der Waals surface area contributed by atoms with Crippen molar-refractivity contribution in [1.29, 1.82) is 5.26 Å². The number of para-hydroxylation sites is 3. The van der Waals surface area contributed by atoms with Gasteiger partial charge >= 0.3 is 0 Å². The van der Waals surface area contributed by atoms with Crippen LogP contribution in [-0.2, 0) is 0 Å². The summed E-state index contributed by atoms with van der Waals surface area (Å²) < 4.78 is 7.42. The minimum Gasteiger partial charge on any atom is -0.309 e. The zero-order chi connectivity index (χ0) is 31.1. The molecular formula is C43H25N3S. The molecule has 0 radical (unpaired) electrons. The van der Waals surface area contributed by atoms with Crippen LogP contribution in [0.2, 0.25) is 0 Å². The van der Waals surface area contributed by atoms with Crippen LogP contribution in [0.25, 0.3) is 86.3 Å². The number of nitriles is 1. The Morgan fingerprint density at radius 3 is 1.72 bits per heavy atom. The van der Waals surface area contributed by atoms with Gasteiger partial charge < -0.3 is 9.13 Å². The van der Waals surface area contributed by atoms with Crippen molar-refractivity contribution in [3.8, 4) is 28.6 Å². The third kappa shape index (κ3) is 3.78. The molecule has 0 aliphatic carbocycles. The SMILES string of the molecule is N#Cc1cccc(-c2cc(-n3c4ccccc4c4ccccc43)cc(-n3c4ccccc4c4ccc5c6ccccc6sc5c43)c2)c1. The summed E-state index contributed by atoms with van der Waals surface area (Å²) in [6, 6.07) is 56.5. The van der Waals surface area contributed by atoms with E-state index in [4.69, 9.17) is 0 Å². The van der Waals surface area contributed by atoms with E-state index >= 15 is 0 Å². The van der Waals surface area contributed by atoms with Crippen molar-refractivity contribution in [2.75, 3.05) is 0 Å². The van der Waals surface area contributed by atoms with Gasteiger partial charge in [-0.1, -0.05) is 97.1 Å². The van der Waals surface area contributed by atoms with E-state index in [-0.39, 0.29) is 0 Å². The van der Waals surface area contributed by atoms with Crippen molar-refractivity contribution in [2.45, 2.75) is 0 Å². The highest BCUT2D eigenvalue weighted by atomic mass is 32.1. The zero-order valence-electron chi connectivity index (χ0n) is 25.2. The number of rotatable bonds is 3. The Kier molecular flexibility index (Phi) is 5.51. The molecule has 0 aliphatic heterocycles. The lowest BCUT2D eigenvalue weighted by atomic mass is 10.0. The predicted octanol–water partition coefficient (Wildman–Crippen LogP) is 11.8. The summed E-state index contributed by atoms with van der Waals surface area (Å²) in [7, 11) is 0. The second kappa shape index (κ2) is 9.92. The largest absolute Gasteiger partial charge is 0.309 e. The summed E-state index contributed by atoms with van der Waals surface area (Å²) >= 11 is 1.86. The molecule has 0 saturated carbocycles. The van der Waals surface area contributed by atoms with Gasteiger partial charge in [0.05, 0.1) is 38.4 Å². The molecule has 7 aromatic carbocycles. The molecule has 3 nitrogen and oxygen atoms in total. The highest BCUT2D eigenvalue weighted by Crippen LogP contribution is 2.44. The first-order valence-electron chi connectivity index (χ1n) is 15.7. The van der Waals surface area contributed by atoms with Gasteiger partial charge in [-0.3, -0.25) is 0 Å². The summed E-state index contributed by atoms with van der Waals surface area (Å²) in [6.45, 7) is 0. The summed E-state index contributed by atoms with van der Waals surface area (Å²) in [4.78, 5) is 0. The molecule has 0 atom stereocenters. The van der Waals surface area contributed by atoms with Crippen molar-refractivity contribution in [3.05, 3.63) is 157 Å². The van der Waals surface area contributed by atoms with Crippen molar-refractivity contribution in [3.63, 3.8) is 0 Å². The van der Waals surface area contributed by atoms with Gasteiger partial charge in [-0.15, -0.1) is 11.3 Å². The number of benzene rings is 7. The minimum atomic E-state index is 0.648. The Morgan fingerprint density at radius 1 is 0.447 bits per heavy atom. The van der Waals surface area contributed by atoms with Crippen LogP contribution in [0.15, 0.2) is 152 Å². The van der Waals surface area contributed by atoms with Crippen molar-refractivity contribution >= 4 is 75.1 Å². The first-order valence-corrected chi connectivity index (χ1v) is 16.6. The topological polar surface area (TPSA) is 33.6 Å². The van der Waals surface area contributed by atoms with Crippen LogP contribution in [0.3, 0.4) is 0 Å². The van der Waals surface area contributed by atoms with Crippen LogP contribution in [0.5, 0.6) is 0 Å². The average Bonchev–Trinajstić information content (AvgIpc) is 3.79. The molecule has 0 amide bonds. The van der Waals surface area contributed by atoms with Gasteiger partial charge in [0.2, 0.25) is 0 Å². The van der Waals surface area contributed by atoms with Gasteiger partial charge in [0, 0.05) is 48.4 Å². The fourth-order valence-corrected chi connectivity index (χ4v) is 8.73. The number of thiophene rings is 1. The Bertz CT molecular complexity index is 2880. The van der Waals surface area contributed by atoms with Crippen molar-refractivity contribution < 1.29 is 0 Å². The zero-order valence-corrected chi connectivity index (χ0v) is 26.0. The number of nitrogens with zero attached hydrogens (tertiary/aromatic N) is 3. The van der Waals surface area contributed by atoms with Crippen LogP contribution in [0.4, 0.5) is 0 Å². The summed E-state index contributed by atoms with van der Waals surface area (Å²) in [5.74, 6) is 0. The maximum atomic E-state index is 9.80. The first kappa shape index (κ1) is 26.1. The number of fused-ring (bicyclic) bond motifs is 10. The molecule has 0 unspecified atom stereocenters. The molecule has 0 fully saturated rings. The predicted molar refractivity (Wildman–Crippen MR) is 198 cm³/mol. The molecule has 218 valence electrons. The average molecular weight is 616 g/mol. The van der Waals surface area contributed by atoms with E-state index in [1.807, 2.05) is 29.5 Å². The molecule has 3 aromatic heterocycles. The number of hydrogen-bond donors (Lipinski definition) is 0. The molecular weight excluding hydrogens is 591 g/mol. The van der Waals surface area contributed by atoms with Gasteiger partial charge in [0.1, 0.15) is 0 Å². The summed E-state index contributed by atoms with van der Waals surface area (Å²) in [6.07, 6.45) is 0. The van der Waals surface area contributed by atoms with Crippen LogP contribution in [0, 0.1) is 11.3 Å². The lowest BCUT2D eigenvalue weighted by Crippen LogP contribution is -2.00. The van der Waals surface area contributed by atoms with E-state index < -0.39 is 0 Å². The van der Waals surface area contributed by atoms with Crippen LogP contribution in [-0.4, -0.2) is 9.13 Å². The van der Waals surface area contributed by atoms with E-state index in [1.165, 1.54) is 52.8 Å². The monoisotopic (exact) mass is 615 g/mol. The molecule has 0 aliphatic rings. The summed E-state index contributed by atoms with van der Waals surface area (Å²) in [5, 5.41) is 17.3. The molecule has 47 heavy (non-hydrogen) atoms. The van der Waals surface area contributed by atoms with Crippen LogP contribution < -0.4 is 0 Å². The second-order valence-corrected chi connectivity index (χ2v) is 13.1. The normalized spacial score (nSPS) is 11.8. The highest BCUT2D eigenvalue weighted by Gasteiger charge is 2.20. The lowest BCUT2D eigenvalue weighted by Gasteiger charge is -2.16. The van der Waals surface area contributed by atoms with E-state index in [1.54, 1.807) is 0 Å². The molecule has 4 heteroatoms. The van der Waals surface area contributed by atoms with E-state index in [9.17, 15) is 5.26 Å². The summed E-state index contributed by atoms with van der Waals surface area (Å²) in [5.41, 5.74) is 9.60. The maximum absolute atomic E-state index is 9.80. The van der Waals surface area contributed by atoms with E-state index in [0.717, 1.165) is 33.5 Å². The molecule has 0 bridgehead atoms. The molecule has 10 rings (SSSR count). The van der Waals surface area contributed by atoms with Gasteiger partial charge in [0.15, 0.2) is 0 Å². The Labute approximate surface area is 274 Å². The number of hydrogen-bond acceptors (Lipinski definition) is 2. The minimum absolute atomic E-state index is 0.648. The standard InChI is InChI=1S/C43H25N3S/c44-26-27-10-9-11-28(22-27)29-23-30(45-38-16-5-1-12-32(38)33-13-2-6-17-39(33)45)25-31(24-29)46-40-18-7-3-14-34(40)36-20-21-37-35-15-4-8-19-41(35)47-43(37)42(36)46/h1-25H. The first-order chi connectivity index (χ1) is 23.3. The van der Waals surface area contributed by atoms with Gasteiger partial charge in [-0.05, 0) is 65.7 Å². The fourth-order valence-electron chi connectivity index (χ4n) is 7.49. The smallest absolute Gasteiger partial charge is 0.0991 e. The van der Waals surface area contributed by atoms with Crippen LogP contribution in [0.1, 0.15) is 5.56 Å². The fraction of sp³-hybridized carbons (Fsp3) is 0.